The molecule has 1 aromatic carbocycles. The number of hydrogen-bond acceptors (Lipinski definition) is 7. The number of methoxy groups -OCH3 is 1. The molecular formula is C20H24N4O3S. The van der Waals surface area contributed by atoms with Crippen molar-refractivity contribution in [1.29, 1.82) is 0 Å². The van der Waals surface area contributed by atoms with Gasteiger partial charge < -0.3 is 14.5 Å². The van der Waals surface area contributed by atoms with E-state index in [0.717, 1.165) is 42.4 Å². The number of nitrogens with zero attached hydrogens (tertiary/aromatic N) is 4. The molecule has 1 atom stereocenters. The van der Waals surface area contributed by atoms with Crippen molar-refractivity contribution in [3.05, 3.63) is 47.0 Å². The van der Waals surface area contributed by atoms with Gasteiger partial charge in [-0.1, -0.05) is 24.3 Å². The Labute approximate surface area is 168 Å². The number of ether oxygens (including phenoxy) is 1. The molecule has 0 bridgehead atoms. The highest BCUT2D eigenvalue weighted by Crippen LogP contribution is 2.25. The van der Waals surface area contributed by atoms with Gasteiger partial charge in [0.15, 0.2) is 5.13 Å². The standard InChI is InChI=1S/C20H24N4O3S/c1-27-19(26)17-12-15-4-2-3-5-16(15)13-24(17)18(25)14-22-7-9-23(10-8-22)20-21-6-11-28-20/h2-6,11,17H,7-10,12-14H2,1H3. The highest BCUT2D eigenvalue weighted by atomic mass is 32.1. The third kappa shape index (κ3) is 3.88. The Balaban J connectivity index is 1.41. The maximum Gasteiger partial charge on any atom is 0.328 e. The Hall–Kier alpha value is -2.45. The smallest absolute Gasteiger partial charge is 0.328 e. The lowest BCUT2D eigenvalue weighted by molar-refractivity contribution is -0.154. The van der Waals surface area contributed by atoms with E-state index in [1.807, 2.05) is 35.8 Å². The van der Waals surface area contributed by atoms with Crippen LogP contribution in [0.5, 0.6) is 0 Å². The first-order valence-corrected chi connectivity index (χ1v) is 10.3. The number of rotatable bonds is 4. The van der Waals surface area contributed by atoms with Crippen molar-refractivity contribution < 1.29 is 14.3 Å². The minimum atomic E-state index is -0.552. The summed E-state index contributed by atoms with van der Waals surface area (Å²) in [6.45, 7) is 4.08. The van der Waals surface area contributed by atoms with E-state index in [1.54, 1.807) is 16.2 Å². The first-order valence-electron chi connectivity index (χ1n) is 9.46. The molecule has 2 aliphatic heterocycles. The van der Waals surface area contributed by atoms with Crippen LogP contribution in [0.25, 0.3) is 0 Å². The summed E-state index contributed by atoms with van der Waals surface area (Å²) in [5, 5.41) is 3.01. The summed E-state index contributed by atoms with van der Waals surface area (Å²) in [4.78, 5) is 35.8. The minimum Gasteiger partial charge on any atom is -0.467 e. The van der Waals surface area contributed by atoms with Gasteiger partial charge in [0.05, 0.1) is 13.7 Å². The van der Waals surface area contributed by atoms with Crippen LogP contribution in [0.15, 0.2) is 35.8 Å². The van der Waals surface area contributed by atoms with Gasteiger partial charge >= 0.3 is 5.97 Å². The fourth-order valence-electron chi connectivity index (χ4n) is 3.88. The van der Waals surface area contributed by atoms with Crippen LogP contribution in [0.3, 0.4) is 0 Å². The van der Waals surface area contributed by atoms with Gasteiger partial charge in [-0.15, -0.1) is 11.3 Å². The third-order valence-electron chi connectivity index (χ3n) is 5.46. The summed E-state index contributed by atoms with van der Waals surface area (Å²) in [6, 6.07) is 7.43. The molecule has 148 valence electrons. The molecule has 28 heavy (non-hydrogen) atoms. The van der Waals surface area contributed by atoms with Crippen LogP contribution in [0.2, 0.25) is 0 Å². The highest BCUT2D eigenvalue weighted by Gasteiger charge is 2.36. The predicted octanol–water partition coefficient (Wildman–Crippen LogP) is 1.39. The third-order valence-corrected chi connectivity index (χ3v) is 6.30. The van der Waals surface area contributed by atoms with Gasteiger partial charge in [0.2, 0.25) is 5.91 Å². The van der Waals surface area contributed by atoms with Crippen molar-refractivity contribution >= 4 is 28.3 Å². The number of benzene rings is 1. The Bertz CT molecular complexity index is 834. The molecule has 1 aromatic heterocycles. The van der Waals surface area contributed by atoms with E-state index in [2.05, 4.69) is 14.8 Å². The van der Waals surface area contributed by atoms with Crippen molar-refractivity contribution in [2.45, 2.75) is 19.0 Å². The zero-order valence-corrected chi connectivity index (χ0v) is 16.7. The molecule has 8 heteroatoms. The molecule has 4 rings (SSSR count). The summed E-state index contributed by atoms with van der Waals surface area (Å²) in [6.07, 6.45) is 2.32. The predicted molar refractivity (Wildman–Crippen MR) is 107 cm³/mol. The van der Waals surface area contributed by atoms with Gasteiger partial charge in [-0.3, -0.25) is 9.69 Å². The van der Waals surface area contributed by atoms with Gasteiger partial charge in [-0.2, -0.15) is 0 Å². The van der Waals surface area contributed by atoms with Crippen molar-refractivity contribution in [1.82, 2.24) is 14.8 Å². The number of amides is 1. The van der Waals surface area contributed by atoms with E-state index in [0.29, 0.717) is 19.5 Å². The molecule has 0 saturated carbocycles. The molecule has 2 aromatic rings. The number of esters is 1. The second kappa shape index (κ2) is 8.28. The minimum absolute atomic E-state index is 0.0207. The number of carbonyl (C=O) groups is 2. The molecule has 1 amide bonds. The number of carbonyl (C=O) groups excluding carboxylic acids is 2. The van der Waals surface area contributed by atoms with E-state index >= 15 is 0 Å². The average molecular weight is 401 g/mol. The number of hydrogen-bond donors (Lipinski definition) is 0. The number of anilines is 1. The van der Waals surface area contributed by atoms with Gasteiger partial charge in [0.1, 0.15) is 6.04 Å². The van der Waals surface area contributed by atoms with Crippen molar-refractivity contribution in [2.75, 3.05) is 44.7 Å². The molecule has 0 spiro atoms. The fraction of sp³-hybridized carbons (Fsp3) is 0.450. The summed E-state index contributed by atoms with van der Waals surface area (Å²) < 4.78 is 4.97. The second-order valence-corrected chi connectivity index (χ2v) is 7.98. The topological polar surface area (TPSA) is 66.0 Å². The fourth-order valence-corrected chi connectivity index (χ4v) is 4.58. The highest BCUT2D eigenvalue weighted by molar-refractivity contribution is 7.13. The molecule has 1 unspecified atom stereocenters. The molecule has 0 aliphatic carbocycles. The van der Waals surface area contributed by atoms with Crippen LogP contribution in [-0.4, -0.2) is 72.5 Å². The molecule has 0 radical (unpaired) electrons. The summed E-state index contributed by atoms with van der Waals surface area (Å²) in [5.74, 6) is -0.371. The van der Waals surface area contributed by atoms with Crippen LogP contribution in [-0.2, 0) is 27.3 Å². The SMILES string of the molecule is COC(=O)C1Cc2ccccc2CN1C(=O)CN1CCN(c2nccs2)CC1. The monoisotopic (exact) mass is 400 g/mol. The first kappa shape index (κ1) is 18.9. The molecule has 7 nitrogen and oxygen atoms in total. The average Bonchev–Trinajstić information content (AvgIpc) is 3.27. The van der Waals surface area contributed by atoms with Crippen molar-refractivity contribution in [3.63, 3.8) is 0 Å². The van der Waals surface area contributed by atoms with Crippen LogP contribution in [0.1, 0.15) is 11.1 Å². The van der Waals surface area contributed by atoms with Crippen LogP contribution >= 0.6 is 11.3 Å². The van der Waals surface area contributed by atoms with Gasteiger partial charge in [0.25, 0.3) is 0 Å². The van der Waals surface area contributed by atoms with Gasteiger partial charge in [-0.05, 0) is 11.1 Å². The number of aromatic nitrogens is 1. The van der Waals surface area contributed by atoms with Crippen LogP contribution < -0.4 is 4.90 Å². The van der Waals surface area contributed by atoms with Crippen LogP contribution in [0, 0.1) is 0 Å². The zero-order chi connectivity index (χ0) is 19.5. The number of fused-ring (bicyclic) bond motifs is 1. The summed E-state index contributed by atoms with van der Waals surface area (Å²) >= 11 is 1.64. The number of piperazine rings is 1. The Morgan fingerprint density at radius 3 is 2.61 bits per heavy atom. The lowest BCUT2D eigenvalue weighted by Gasteiger charge is -2.38. The number of thiazole rings is 1. The maximum atomic E-state index is 13.1. The Morgan fingerprint density at radius 2 is 1.93 bits per heavy atom. The maximum absolute atomic E-state index is 13.1. The van der Waals surface area contributed by atoms with E-state index in [4.69, 9.17) is 4.74 Å². The quantitative estimate of drug-likeness (QED) is 0.723. The largest absolute Gasteiger partial charge is 0.467 e. The van der Waals surface area contributed by atoms with E-state index < -0.39 is 6.04 Å². The van der Waals surface area contributed by atoms with Crippen molar-refractivity contribution in [3.8, 4) is 0 Å². The molecule has 1 fully saturated rings. The zero-order valence-electron chi connectivity index (χ0n) is 15.9. The van der Waals surface area contributed by atoms with Gasteiger partial charge in [0, 0.05) is 50.7 Å². The van der Waals surface area contributed by atoms with Gasteiger partial charge in [-0.25, -0.2) is 9.78 Å². The Morgan fingerprint density at radius 1 is 1.18 bits per heavy atom. The first-order chi connectivity index (χ1) is 13.7. The Kier molecular flexibility index (Phi) is 5.59. The lowest BCUT2D eigenvalue weighted by Crippen LogP contribution is -2.54. The van der Waals surface area contributed by atoms with E-state index in [9.17, 15) is 9.59 Å². The van der Waals surface area contributed by atoms with Crippen LogP contribution in [0.4, 0.5) is 5.13 Å². The summed E-state index contributed by atoms with van der Waals surface area (Å²) in [7, 11) is 1.38. The second-order valence-electron chi connectivity index (χ2n) is 7.11. The van der Waals surface area contributed by atoms with Crippen molar-refractivity contribution in [2.24, 2.45) is 0 Å². The normalized spacial score (nSPS) is 20.0. The molecular weight excluding hydrogens is 376 g/mol. The molecule has 0 N–H and O–H groups in total. The lowest BCUT2D eigenvalue weighted by atomic mass is 9.94. The van der Waals surface area contributed by atoms with E-state index in [-0.39, 0.29) is 11.9 Å². The molecule has 2 aliphatic rings. The van der Waals surface area contributed by atoms with E-state index in [1.165, 1.54) is 7.11 Å². The summed E-state index contributed by atoms with van der Waals surface area (Å²) in [5.41, 5.74) is 2.21. The molecule has 3 heterocycles. The molecule has 1 saturated heterocycles.